The zero-order valence-corrected chi connectivity index (χ0v) is 11.8. The number of aryl methyl sites for hydroxylation is 2. The summed E-state index contributed by atoms with van der Waals surface area (Å²) < 4.78 is 1.59. The average molecular weight is 266 g/mol. The van der Waals surface area contributed by atoms with Crippen LogP contribution in [0.25, 0.3) is 0 Å². The first-order chi connectivity index (χ1) is 9.04. The molecule has 0 aliphatic heterocycles. The lowest BCUT2D eigenvalue weighted by molar-refractivity contribution is -0.384. The van der Waals surface area contributed by atoms with Crippen LogP contribution in [0.2, 0.25) is 0 Å². The fourth-order valence-corrected chi connectivity index (χ4v) is 3.09. The van der Waals surface area contributed by atoms with Gasteiger partial charge in [0, 0.05) is 13.1 Å². The minimum absolute atomic E-state index is 0.114. The largest absolute Gasteiger partial charge is 0.362 e. The predicted octanol–water partition coefficient (Wildman–Crippen LogP) is 3.02. The third-order valence-corrected chi connectivity index (χ3v) is 4.13. The van der Waals surface area contributed by atoms with Gasteiger partial charge < -0.3 is 5.32 Å². The first-order valence-electron chi connectivity index (χ1n) is 6.99. The smallest absolute Gasteiger partial charge is 0.333 e. The van der Waals surface area contributed by atoms with Crippen LogP contribution in [0.1, 0.15) is 44.7 Å². The molecule has 0 bridgehead atoms. The van der Waals surface area contributed by atoms with Crippen molar-refractivity contribution < 1.29 is 4.92 Å². The summed E-state index contributed by atoms with van der Waals surface area (Å²) >= 11 is 0. The molecular weight excluding hydrogens is 244 g/mol. The van der Waals surface area contributed by atoms with Crippen LogP contribution in [-0.2, 0) is 7.05 Å². The molecule has 0 amide bonds. The molecule has 1 aromatic rings. The van der Waals surface area contributed by atoms with E-state index >= 15 is 0 Å². The van der Waals surface area contributed by atoms with Gasteiger partial charge in [-0.15, -0.1) is 0 Å². The zero-order valence-electron chi connectivity index (χ0n) is 11.8. The van der Waals surface area contributed by atoms with Gasteiger partial charge in [0.15, 0.2) is 0 Å². The SMILES string of the molecule is CCC1CCCCC1Nc1c([N+](=O)[O-])c(C)nn1C. The van der Waals surface area contributed by atoms with Gasteiger partial charge in [-0.05, 0) is 25.7 Å². The van der Waals surface area contributed by atoms with Gasteiger partial charge in [0.2, 0.25) is 5.82 Å². The van der Waals surface area contributed by atoms with Gasteiger partial charge in [-0.2, -0.15) is 5.10 Å². The van der Waals surface area contributed by atoms with Gasteiger partial charge in [0.25, 0.3) is 0 Å². The Balaban J connectivity index is 2.24. The van der Waals surface area contributed by atoms with Crippen molar-refractivity contribution in [2.24, 2.45) is 13.0 Å². The Morgan fingerprint density at radius 2 is 2.16 bits per heavy atom. The number of nitrogens with one attached hydrogen (secondary N) is 1. The maximum atomic E-state index is 11.2. The van der Waals surface area contributed by atoms with E-state index < -0.39 is 0 Å². The molecule has 19 heavy (non-hydrogen) atoms. The van der Waals surface area contributed by atoms with Gasteiger partial charge >= 0.3 is 5.69 Å². The fourth-order valence-electron chi connectivity index (χ4n) is 3.09. The molecule has 1 aromatic heterocycles. The van der Waals surface area contributed by atoms with Crippen molar-refractivity contribution in [3.8, 4) is 0 Å². The molecular formula is C13H22N4O2. The van der Waals surface area contributed by atoms with E-state index in [9.17, 15) is 10.1 Å². The van der Waals surface area contributed by atoms with Crippen molar-refractivity contribution in [1.82, 2.24) is 9.78 Å². The highest BCUT2D eigenvalue weighted by atomic mass is 16.6. The van der Waals surface area contributed by atoms with Crippen molar-refractivity contribution in [2.75, 3.05) is 5.32 Å². The van der Waals surface area contributed by atoms with Crippen molar-refractivity contribution in [1.29, 1.82) is 0 Å². The molecule has 1 N–H and O–H groups in total. The van der Waals surface area contributed by atoms with Crippen LogP contribution >= 0.6 is 0 Å². The highest BCUT2D eigenvalue weighted by Crippen LogP contribution is 2.33. The molecule has 0 spiro atoms. The van der Waals surface area contributed by atoms with Gasteiger partial charge in [-0.3, -0.25) is 10.1 Å². The Kier molecular flexibility index (Phi) is 4.07. The van der Waals surface area contributed by atoms with Gasteiger partial charge in [-0.25, -0.2) is 4.68 Å². The van der Waals surface area contributed by atoms with E-state index in [0.717, 1.165) is 12.8 Å². The Hall–Kier alpha value is -1.59. The average Bonchev–Trinajstić information content (AvgIpc) is 2.65. The lowest BCUT2D eigenvalue weighted by Crippen LogP contribution is -2.32. The maximum Gasteiger partial charge on any atom is 0.333 e. The van der Waals surface area contributed by atoms with Gasteiger partial charge in [0.05, 0.1) is 4.92 Å². The predicted molar refractivity (Wildman–Crippen MR) is 74.3 cm³/mol. The summed E-state index contributed by atoms with van der Waals surface area (Å²) in [5.74, 6) is 1.15. The fraction of sp³-hybridized carbons (Fsp3) is 0.769. The summed E-state index contributed by atoms with van der Waals surface area (Å²) in [6.07, 6.45) is 5.86. The number of nitrogens with zero attached hydrogens (tertiary/aromatic N) is 3. The summed E-state index contributed by atoms with van der Waals surface area (Å²) in [7, 11) is 1.76. The molecule has 6 heteroatoms. The normalized spacial score (nSPS) is 23.3. The molecule has 1 heterocycles. The van der Waals surface area contributed by atoms with Crippen molar-refractivity contribution in [2.45, 2.75) is 52.0 Å². The van der Waals surface area contributed by atoms with E-state index in [4.69, 9.17) is 0 Å². The van der Waals surface area contributed by atoms with E-state index in [-0.39, 0.29) is 10.6 Å². The number of rotatable bonds is 4. The molecule has 2 unspecified atom stereocenters. The van der Waals surface area contributed by atoms with E-state index in [0.29, 0.717) is 23.5 Å². The summed E-state index contributed by atoms with van der Waals surface area (Å²) in [6.45, 7) is 3.87. The van der Waals surface area contributed by atoms with E-state index in [1.165, 1.54) is 19.3 Å². The second-order valence-corrected chi connectivity index (χ2v) is 5.37. The first kappa shape index (κ1) is 13.8. The number of hydrogen-bond donors (Lipinski definition) is 1. The van der Waals surface area contributed by atoms with E-state index in [1.54, 1.807) is 18.7 Å². The minimum Gasteiger partial charge on any atom is -0.362 e. The first-order valence-corrected chi connectivity index (χ1v) is 6.99. The Morgan fingerprint density at radius 1 is 1.47 bits per heavy atom. The monoisotopic (exact) mass is 266 g/mol. The second-order valence-electron chi connectivity index (χ2n) is 5.37. The van der Waals surface area contributed by atoms with E-state index in [2.05, 4.69) is 17.3 Å². The number of hydrogen-bond acceptors (Lipinski definition) is 4. The standard InChI is InChI=1S/C13H22N4O2/c1-4-10-7-5-6-8-11(10)14-13-12(17(18)19)9(2)15-16(13)3/h10-11,14H,4-8H2,1-3H3. The molecule has 2 atom stereocenters. The van der Waals surface area contributed by atoms with Crippen molar-refractivity contribution in [3.05, 3.63) is 15.8 Å². The lowest BCUT2D eigenvalue weighted by atomic mass is 9.83. The maximum absolute atomic E-state index is 11.2. The topological polar surface area (TPSA) is 73.0 Å². The van der Waals surface area contributed by atoms with Crippen LogP contribution in [0.5, 0.6) is 0 Å². The third-order valence-electron chi connectivity index (χ3n) is 4.13. The molecule has 0 radical (unpaired) electrons. The van der Waals surface area contributed by atoms with Crippen molar-refractivity contribution >= 4 is 11.5 Å². The Labute approximate surface area is 113 Å². The van der Waals surface area contributed by atoms with Crippen LogP contribution in [0, 0.1) is 23.0 Å². The van der Waals surface area contributed by atoms with Gasteiger partial charge in [-0.1, -0.05) is 26.2 Å². The Morgan fingerprint density at radius 3 is 2.79 bits per heavy atom. The molecule has 0 saturated heterocycles. The molecule has 0 aromatic carbocycles. The molecule has 1 aliphatic carbocycles. The van der Waals surface area contributed by atoms with Crippen LogP contribution in [0.15, 0.2) is 0 Å². The Bertz CT molecular complexity index is 469. The summed E-state index contributed by atoms with van der Waals surface area (Å²) in [5, 5.41) is 18.7. The summed E-state index contributed by atoms with van der Waals surface area (Å²) in [5.41, 5.74) is 0.585. The third kappa shape index (κ3) is 2.72. The van der Waals surface area contributed by atoms with Gasteiger partial charge in [0.1, 0.15) is 5.69 Å². The molecule has 1 fully saturated rings. The lowest BCUT2D eigenvalue weighted by Gasteiger charge is -2.31. The quantitative estimate of drug-likeness (QED) is 0.671. The van der Waals surface area contributed by atoms with Crippen molar-refractivity contribution in [3.63, 3.8) is 0 Å². The molecule has 2 rings (SSSR count). The second kappa shape index (κ2) is 5.59. The minimum atomic E-state index is -0.339. The highest BCUT2D eigenvalue weighted by Gasteiger charge is 2.29. The molecule has 106 valence electrons. The number of nitro groups is 1. The van der Waals surface area contributed by atoms with E-state index in [1.807, 2.05) is 0 Å². The molecule has 1 aliphatic rings. The highest BCUT2D eigenvalue weighted by molar-refractivity contribution is 5.60. The van der Waals surface area contributed by atoms with Crippen LogP contribution in [0.3, 0.4) is 0 Å². The number of anilines is 1. The zero-order chi connectivity index (χ0) is 14.0. The van der Waals surface area contributed by atoms with Crippen LogP contribution in [-0.4, -0.2) is 20.7 Å². The van der Waals surface area contributed by atoms with Crippen LogP contribution in [0.4, 0.5) is 11.5 Å². The molecule has 6 nitrogen and oxygen atoms in total. The molecule has 1 saturated carbocycles. The van der Waals surface area contributed by atoms with Crippen LogP contribution < -0.4 is 5.32 Å². The summed E-state index contributed by atoms with van der Waals surface area (Å²) in [6, 6.07) is 0.326. The summed E-state index contributed by atoms with van der Waals surface area (Å²) in [4.78, 5) is 10.8. The number of aromatic nitrogens is 2.